The van der Waals surface area contributed by atoms with Gasteiger partial charge in [-0.1, -0.05) is 32.4 Å². The predicted octanol–water partition coefficient (Wildman–Crippen LogP) is 3.44. The highest BCUT2D eigenvalue weighted by molar-refractivity contribution is 7.13. The summed E-state index contributed by atoms with van der Waals surface area (Å²) in [6.07, 6.45) is 1.43. The number of amides is 1. The summed E-state index contributed by atoms with van der Waals surface area (Å²) in [4.78, 5) is 24.5. The van der Waals surface area contributed by atoms with Crippen molar-refractivity contribution in [2.75, 3.05) is 5.32 Å². The van der Waals surface area contributed by atoms with Gasteiger partial charge in [0.25, 0.3) is 5.91 Å². The van der Waals surface area contributed by atoms with Gasteiger partial charge < -0.3 is 0 Å². The third-order valence-electron chi connectivity index (χ3n) is 2.51. The Morgan fingerprint density at radius 3 is 2.55 bits per heavy atom. The number of carbonyl (C=O) groups is 1. The molecule has 0 aliphatic carbocycles. The second-order valence-corrected chi connectivity index (χ2v) is 6.61. The van der Waals surface area contributed by atoms with Crippen LogP contribution in [-0.2, 0) is 5.41 Å². The third kappa shape index (κ3) is 3.32. The molecule has 7 heteroatoms. The first-order valence-corrected chi connectivity index (χ1v) is 7.29. The Morgan fingerprint density at radius 1 is 1.35 bits per heavy atom. The van der Waals surface area contributed by atoms with E-state index >= 15 is 0 Å². The van der Waals surface area contributed by atoms with Gasteiger partial charge in [0.15, 0.2) is 10.3 Å². The van der Waals surface area contributed by atoms with E-state index < -0.39 is 0 Å². The number of nitrogens with one attached hydrogen (secondary N) is 1. The maximum absolute atomic E-state index is 12.0. The minimum Gasteiger partial charge on any atom is -0.296 e. The van der Waals surface area contributed by atoms with Crippen LogP contribution in [0.25, 0.3) is 0 Å². The zero-order valence-corrected chi connectivity index (χ0v) is 13.3. The Morgan fingerprint density at radius 2 is 2.05 bits per heavy atom. The fourth-order valence-corrected chi connectivity index (χ4v) is 2.66. The largest absolute Gasteiger partial charge is 0.296 e. The second kappa shape index (κ2) is 5.46. The first kappa shape index (κ1) is 14.9. The molecule has 0 aromatic carbocycles. The van der Waals surface area contributed by atoms with Crippen LogP contribution >= 0.6 is 22.9 Å². The molecule has 0 fully saturated rings. The van der Waals surface area contributed by atoms with Crippen LogP contribution in [0.1, 0.15) is 42.6 Å². The van der Waals surface area contributed by atoms with Crippen molar-refractivity contribution in [3.05, 3.63) is 33.8 Å². The summed E-state index contributed by atoms with van der Waals surface area (Å²) >= 11 is 7.46. The van der Waals surface area contributed by atoms with Crippen molar-refractivity contribution in [3.8, 4) is 0 Å². The number of halogens is 1. The van der Waals surface area contributed by atoms with Gasteiger partial charge >= 0.3 is 0 Å². The molecule has 1 N–H and O–H groups in total. The smallest absolute Gasteiger partial charge is 0.277 e. The molecule has 106 valence electrons. The predicted molar refractivity (Wildman–Crippen MR) is 80.5 cm³/mol. The molecule has 0 radical (unpaired) electrons. The number of thiazole rings is 1. The van der Waals surface area contributed by atoms with Crippen LogP contribution in [-0.4, -0.2) is 20.9 Å². The summed E-state index contributed by atoms with van der Waals surface area (Å²) in [5, 5.41) is 5.31. The summed E-state index contributed by atoms with van der Waals surface area (Å²) in [5.41, 5.74) is 1.49. The van der Waals surface area contributed by atoms with Gasteiger partial charge in [-0.25, -0.2) is 9.97 Å². The van der Waals surface area contributed by atoms with Gasteiger partial charge in [-0.2, -0.15) is 0 Å². The molecule has 0 aliphatic rings. The number of hydrogen-bond acceptors (Lipinski definition) is 5. The van der Waals surface area contributed by atoms with Gasteiger partial charge in [-0.15, -0.1) is 11.3 Å². The number of anilines is 1. The van der Waals surface area contributed by atoms with E-state index in [4.69, 9.17) is 11.6 Å². The Bertz CT molecular complexity index is 648. The lowest BCUT2D eigenvalue weighted by atomic mass is 9.92. The Kier molecular flexibility index (Phi) is 4.06. The van der Waals surface area contributed by atoms with Crippen LogP contribution in [0.3, 0.4) is 0 Å². The fourth-order valence-electron chi connectivity index (χ4n) is 1.55. The minimum atomic E-state index is -0.366. The lowest BCUT2D eigenvalue weighted by Crippen LogP contribution is -2.19. The van der Waals surface area contributed by atoms with E-state index in [1.54, 1.807) is 0 Å². The van der Waals surface area contributed by atoms with E-state index in [0.717, 1.165) is 5.69 Å². The molecule has 0 atom stereocenters. The molecule has 2 aromatic heterocycles. The van der Waals surface area contributed by atoms with Crippen molar-refractivity contribution in [3.63, 3.8) is 0 Å². The van der Waals surface area contributed by atoms with Gasteiger partial charge in [0.05, 0.1) is 17.6 Å². The molecule has 0 bridgehead atoms. The summed E-state index contributed by atoms with van der Waals surface area (Å²) in [7, 11) is 0. The molecular weight excluding hydrogens is 296 g/mol. The Labute approximate surface area is 126 Å². The summed E-state index contributed by atoms with van der Waals surface area (Å²) in [5.74, 6) is -0.366. The van der Waals surface area contributed by atoms with E-state index in [2.05, 4.69) is 20.3 Å². The van der Waals surface area contributed by atoms with Crippen molar-refractivity contribution in [2.24, 2.45) is 0 Å². The van der Waals surface area contributed by atoms with Crippen molar-refractivity contribution >= 4 is 34.0 Å². The zero-order valence-electron chi connectivity index (χ0n) is 11.7. The lowest BCUT2D eigenvalue weighted by molar-refractivity contribution is 0.102. The number of aromatic nitrogens is 3. The SMILES string of the molecule is Cc1csc(NC(=O)c2cnc(C(C)(C)C)c(Cl)n2)n1. The topological polar surface area (TPSA) is 67.8 Å². The summed E-state index contributed by atoms with van der Waals surface area (Å²) < 4.78 is 0. The molecular formula is C13H15ClN4OS. The van der Waals surface area contributed by atoms with Gasteiger partial charge in [0.1, 0.15) is 5.69 Å². The van der Waals surface area contributed by atoms with Crippen LogP contribution in [0, 0.1) is 6.92 Å². The molecule has 1 amide bonds. The molecule has 0 saturated heterocycles. The van der Waals surface area contributed by atoms with E-state index in [-0.39, 0.29) is 22.2 Å². The van der Waals surface area contributed by atoms with Gasteiger partial charge in [0, 0.05) is 10.8 Å². The van der Waals surface area contributed by atoms with Crippen LogP contribution < -0.4 is 5.32 Å². The highest BCUT2D eigenvalue weighted by Crippen LogP contribution is 2.26. The number of nitrogens with zero attached hydrogens (tertiary/aromatic N) is 3. The third-order valence-corrected chi connectivity index (χ3v) is 3.65. The molecule has 2 heterocycles. The highest BCUT2D eigenvalue weighted by atomic mass is 35.5. The zero-order chi connectivity index (χ0) is 14.9. The molecule has 2 aromatic rings. The molecule has 0 spiro atoms. The normalized spacial score (nSPS) is 11.4. The van der Waals surface area contributed by atoms with Gasteiger partial charge in [-0.05, 0) is 6.92 Å². The monoisotopic (exact) mass is 310 g/mol. The molecule has 20 heavy (non-hydrogen) atoms. The Hall–Kier alpha value is -1.53. The minimum absolute atomic E-state index is 0.177. The number of rotatable bonds is 2. The molecule has 0 unspecified atom stereocenters. The molecule has 2 rings (SSSR count). The summed E-state index contributed by atoms with van der Waals surface area (Å²) in [6, 6.07) is 0. The quantitative estimate of drug-likeness (QED) is 0.922. The van der Waals surface area contributed by atoms with E-state index in [1.165, 1.54) is 17.5 Å². The van der Waals surface area contributed by atoms with Crippen molar-refractivity contribution < 1.29 is 4.79 Å². The van der Waals surface area contributed by atoms with Gasteiger partial charge in [-0.3, -0.25) is 15.1 Å². The number of carbonyl (C=O) groups excluding carboxylic acids is 1. The van der Waals surface area contributed by atoms with Gasteiger partial charge in [0.2, 0.25) is 0 Å². The Balaban J connectivity index is 2.21. The van der Waals surface area contributed by atoms with Crippen molar-refractivity contribution in [1.82, 2.24) is 15.0 Å². The van der Waals surface area contributed by atoms with Crippen LogP contribution in [0.15, 0.2) is 11.6 Å². The van der Waals surface area contributed by atoms with E-state index in [9.17, 15) is 4.79 Å². The second-order valence-electron chi connectivity index (χ2n) is 5.39. The van der Waals surface area contributed by atoms with Crippen molar-refractivity contribution in [2.45, 2.75) is 33.1 Å². The number of aryl methyl sites for hydroxylation is 1. The highest BCUT2D eigenvalue weighted by Gasteiger charge is 2.22. The van der Waals surface area contributed by atoms with E-state index in [0.29, 0.717) is 10.8 Å². The maximum Gasteiger partial charge on any atom is 0.277 e. The standard InChI is InChI=1S/C13H15ClN4OS/c1-7-6-20-12(16-7)18-11(19)8-5-15-9(10(14)17-8)13(2,3)4/h5-6H,1-4H3,(H,16,18,19). The van der Waals surface area contributed by atoms with Crippen LogP contribution in [0.2, 0.25) is 5.15 Å². The van der Waals surface area contributed by atoms with Crippen molar-refractivity contribution in [1.29, 1.82) is 0 Å². The first-order chi connectivity index (χ1) is 9.27. The van der Waals surface area contributed by atoms with E-state index in [1.807, 2.05) is 33.1 Å². The van der Waals surface area contributed by atoms with Crippen LogP contribution in [0.5, 0.6) is 0 Å². The first-order valence-electron chi connectivity index (χ1n) is 6.04. The average Bonchev–Trinajstić information content (AvgIpc) is 2.73. The molecule has 0 saturated carbocycles. The lowest BCUT2D eigenvalue weighted by Gasteiger charge is -2.18. The molecule has 5 nitrogen and oxygen atoms in total. The fraction of sp³-hybridized carbons (Fsp3) is 0.385. The number of hydrogen-bond donors (Lipinski definition) is 1. The molecule has 0 aliphatic heterocycles. The van der Waals surface area contributed by atoms with Crippen LogP contribution in [0.4, 0.5) is 5.13 Å². The average molecular weight is 311 g/mol. The maximum atomic E-state index is 12.0. The summed E-state index contributed by atoms with van der Waals surface area (Å²) in [6.45, 7) is 7.82.